The molecule has 1 aromatic rings. The molecular weight excluding hydrogens is 246 g/mol. The quantitative estimate of drug-likeness (QED) is 0.819. The number of benzene rings is 1. The van der Waals surface area contributed by atoms with Crippen molar-refractivity contribution < 1.29 is 19.4 Å². The molecule has 0 aliphatic heterocycles. The molecule has 1 saturated carbocycles. The Morgan fingerprint density at radius 3 is 2.47 bits per heavy atom. The second-order valence-electron chi connectivity index (χ2n) is 4.56. The van der Waals surface area contributed by atoms with Crippen molar-refractivity contribution in [3.05, 3.63) is 29.8 Å². The first-order valence-corrected chi connectivity index (χ1v) is 6.37. The Hall–Kier alpha value is -2.04. The number of hydrogen-bond acceptors (Lipinski definition) is 3. The van der Waals surface area contributed by atoms with E-state index >= 15 is 0 Å². The Morgan fingerprint density at radius 2 is 2.00 bits per heavy atom. The maximum absolute atomic E-state index is 11.7. The van der Waals surface area contributed by atoms with Crippen LogP contribution >= 0.6 is 0 Å². The van der Waals surface area contributed by atoms with Crippen LogP contribution in [0.4, 0.5) is 0 Å². The fourth-order valence-corrected chi connectivity index (χ4v) is 1.82. The highest BCUT2D eigenvalue weighted by atomic mass is 16.5. The standard InChI is InChI=1S/C14H17NO4/c1-2-19-11-7-5-9(6-8-11)12(14(17)18)15-13(16)10-3-4-10/h5-8,10,12H,2-4H2,1H3,(H,15,16)(H,17,18). The highest BCUT2D eigenvalue weighted by Crippen LogP contribution is 2.30. The summed E-state index contributed by atoms with van der Waals surface area (Å²) in [5, 5.41) is 11.8. The third kappa shape index (κ3) is 3.47. The van der Waals surface area contributed by atoms with Gasteiger partial charge in [0.05, 0.1) is 6.61 Å². The molecule has 0 radical (unpaired) electrons. The van der Waals surface area contributed by atoms with Gasteiger partial charge in [0, 0.05) is 5.92 Å². The maximum atomic E-state index is 11.7. The van der Waals surface area contributed by atoms with Crippen LogP contribution in [0.15, 0.2) is 24.3 Å². The largest absolute Gasteiger partial charge is 0.494 e. The van der Waals surface area contributed by atoms with Gasteiger partial charge in [-0.05, 0) is 37.5 Å². The normalized spacial score (nSPS) is 15.6. The summed E-state index contributed by atoms with van der Waals surface area (Å²) in [6, 6.07) is 5.74. The predicted octanol–water partition coefficient (Wildman–Crippen LogP) is 1.74. The lowest BCUT2D eigenvalue weighted by Crippen LogP contribution is -2.34. The van der Waals surface area contributed by atoms with Crippen molar-refractivity contribution in [2.45, 2.75) is 25.8 Å². The number of carbonyl (C=O) groups is 2. The predicted molar refractivity (Wildman–Crippen MR) is 68.9 cm³/mol. The van der Waals surface area contributed by atoms with Gasteiger partial charge in [0.2, 0.25) is 5.91 Å². The molecule has 0 saturated heterocycles. The molecule has 0 bridgehead atoms. The first-order valence-electron chi connectivity index (χ1n) is 6.37. The third-order valence-corrected chi connectivity index (χ3v) is 3.01. The lowest BCUT2D eigenvalue weighted by Gasteiger charge is -2.15. The molecule has 0 heterocycles. The molecule has 102 valence electrons. The zero-order chi connectivity index (χ0) is 13.8. The van der Waals surface area contributed by atoms with Gasteiger partial charge in [0.15, 0.2) is 6.04 Å². The highest BCUT2D eigenvalue weighted by molar-refractivity contribution is 5.87. The molecule has 1 aromatic carbocycles. The van der Waals surface area contributed by atoms with Crippen molar-refractivity contribution >= 4 is 11.9 Å². The molecule has 1 fully saturated rings. The average molecular weight is 263 g/mol. The number of carboxylic acids is 1. The molecule has 1 unspecified atom stereocenters. The lowest BCUT2D eigenvalue weighted by molar-refractivity contribution is -0.142. The van der Waals surface area contributed by atoms with E-state index in [9.17, 15) is 14.7 Å². The number of ether oxygens (including phenoxy) is 1. The summed E-state index contributed by atoms with van der Waals surface area (Å²) in [6.45, 7) is 2.43. The van der Waals surface area contributed by atoms with E-state index in [1.165, 1.54) is 0 Å². The number of hydrogen-bond donors (Lipinski definition) is 2. The monoisotopic (exact) mass is 263 g/mol. The minimum atomic E-state index is -1.06. The molecule has 1 amide bonds. The third-order valence-electron chi connectivity index (χ3n) is 3.01. The van der Waals surface area contributed by atoms with Crippen LogP contribution in [-0.4, -0.2) is 23.6 Å². The fourth-order valence-electron chi connectivity index (χ4n) is 1.82. The van der Waals surface area contributed by atoms with Gasteiger partial charge in [0.1, 0.15) is 5.75 Å². The first-order chi connectivity index (χ1) is 9.11. The van der Waals surface area contributed by atoms with Crippen molar-refractivity contribution in [3.63, 3.8) is 0 Å². The molecule has 19 heavy (non-hydrogen) atoms. The molecule has 5 nitrogen and oxygen atoms in total. The van der Waals surface area contributed by atoms with Crippen LogP contribution in [0.25, 0.3) is 0 Å². The van der Waals surface area contributed by atoms with Crippen LogP contribution in [0, 0.1) is 5.92 Å². The SMILES string of the molecule is CCOc1ccc(C(NC(=O)C2CC2)C(=O)O)cc1. The summed E-state index contributed by atoms with van der Waals surface area (Å²) in [6.07, 6.45) is 1.70. The van der Waals surface area contributed by atoms with E-state index in [4.69, 9.17) is 4.74 Å². The van der Waals surface area contributed by atoms with Crippen LogP contribution in [0.1, 0.15) is 31.4 Å². The van der Waals surface area contributed by atoms with Gasteiger partial charge in [-0.25, -0.2) is 4.79 Å². The van der Waals surface area contributed by atoms with E-state index in [2.05, 4.69) is 5.32 Å². The zero-order valence-corrected chi connectivity index (χ0v) is 10.8. The van der Waals surface area contributed by atoms with E-state index in [1.54, 1.807) is 24.3 Å². The maximum Gasteiger partial charge on any atom is 0.330 e. The first kappa shape index (κ1) is 13.4. The molecule has 2 N–H and O–H groups in total. The Morgan fingerprint density at radius 1 is 1.37 bits per heavy atom. The molecular formula is C14H17NO4. The molecule has 0 spiro atoms. The molecule has 5 heteroatoms. The second kappa shape index (κ2) is 5.73. The van der Waals surface area contributed by atoms with Gasteiger partial charge in [-0.15, -0.1) is 0 Å². The Labute approximate surface area is 111 Å². The van der Waals surface area contributed by atoms with Gasteiger partial charge in [-0.2, -0.15) is 0 Å². The van der Waals surface area contributed by atoms with Crippen molar-refractivity contribution in [1.29, 1.82) is 0 Å². The van der Waals surface area contributed by atoms with E-state index < -0.39 is 12.0 Å². The number of carbonyl (C=O) groups excluding carboxylic acids is 1. The smallest absolute Gasteiger partial charge is 0.330 e. The van der Waals surface area contributed by atoms with Gasteiger partial charge in [0.25, 0.3) is 0 Å². The van der Waals surface area contributed by atoms with Crippen LogP contribution in [0.3, 0.4) is 0 Å². The molecule has 2 rings (SSSR count). The molecule has 1 aliphatic rings. The molecule has 1 aliphatic carbocycles. The number of carboxylic acid groups (broad SMARTS) is 1. The van der Waals surface area contributed by atoms with Crippen molar-refractivity contribution in [2.75, 3.05) is 6.61 Å². The summed E-state index contributed by atoms with van der Waals surface area (Å²) >= 11 is 0. The van der Waals surface area contributed by atoms with E-state index in [-0.39, 0.29) is 11.8 Å². The minimum Gasteiger partial charge on any atom is -0.494 e. The van der Waals surface area contributed by atoms with Crippen LogP contribution in [0.2, 0.25) is 0 Å². The Kier molecular flexibility index (Phi) is 4.04. The van der Waals surface area contributed by atoms with Gasteiger partial charge < -0.3 is 15.2 Å². The fraction of sp³-hybridized carbons (Fsp3) is 0.429. The second-order valence-corrected chi connectivity index (χ2v) is 4.56. The molecule has 1 atom stereocenters. The summed E-state index contributed by atoms with van der Waals surface area (Å²) in [7, 11) is 0. The lowest BCUT2D eigenvalue weighted by atomic mass is 10.1. The number of nitrogens with one attached hydrogen (secondary N) is 1. The van der Waals surface area contributed by atoms with Gasteiger partial charge >= 0.3 is 5.97 Å². The highest BCUT2D eigenvalue weighted by Gasteiger charge is 2.33. The van der Waals surface area contributed by atoms with E-state index in [0.29, 0.717) is 17.9 Å². The summed E-state index contributed by atoms with van der Waals surface area (Å²) in [5.74, 6) is -0.562. The van der Waals surface area contributed by atoms with E-state index in [0.717, 1.165) is 12.8 Å². The average Bonchev–Trinajstić information content (AvgIpc) is 3.21. The Bertz CT molecular complexity index is 465. The summed E-state index contributed by atoms with van der Waals surface area (Å²) in [5.41, 5.74) is 0.546. The Balaban J connectivity index is 2.09. The van der Waals surface area contributed by atoms with Crippen LogP contribution in [-0.2, 0) is 9.59 Å². The van der Waals surface area contributed by atoms with Crippen molar-refractivity contribution in [1.82, 2.24) is 5.32 Å². The van der Waals surface area contributed by atoms with Gasteiger partial charge in [-0.3, -0.25) is 4.79 Å². The van der Waals surface area contributed by atoms with Gasteiger partial charge in [-0.1, -0.05) is 12.1 Å². The zero-order valence-electron chi connectivity index (χ0n) is 10.8. The van der Waals surface area contributed by atoms with Crippen LogP contribution < -0.4 is 10.1 Å². The minimum absolute atomic E-state index is 0.00968. The number of aliphatic carboxylic acids is 1. The van der Waals surface area contributed by atoms with E-state index in [1.807, 2.05) is 6.92 Å². The van der Waals surface area contributed by atoms with Crippen LogP contribution in [0.5, 0.6) is 5.75 Å². The number of amides is 1. The van der Waals surface area contributed by atoms with Crippen molar-refractivity contribution in [3.8, 4) is 5.75 Å². The topological polar surface area (TPSA) is 75.6 Å². The summed E-state index contributed by atoms with van der Waals surface area (Å²) < 4.78 is 5.30. The summed E-state index contributed by atoms with van der Waals surface area (Å²) in [4.78, 5) is 22.9. The molecule has 0 aromatic heterocycles. The number of rotatable bonds is 6. The van der Waals surface area contributed by atoms with Crippen molar-refractivity contribution in [2.24, 2.45) is 5.92 Å².